The van der Waals surface area contributed by atoms with Crippen molar-refractivity contribution >= 4 is 5.69 Å². The summed E-state index contributed by atoms with van der Waals surface area (Å²) >= 11 is 0. The summed E-state index contributed by atoms with van der Waals surface area (Å²) in [5.41, 5.74) is 9.28. The molecule has 0 aliphatic carbocycles. The standard InChI is InChI=1S/C17H18FNO2/c1-10-3-4-16-12(5-10)7-13(21-16)9-20-17-6-11(2)15(19)8-14(17)18/h3-6,8,13H,7,9,19H2,1-2H3. The average Bonchev–Trinajstić information content (AvgIpc) is 2.83. The van der Waals surface area contributed by atoms with Crippen LogP contribution in [-0.4, -0.2) is 12.7 Å². The Morgan fingerprint density at radius 3 is 2.90 bits per heavy atom. The van der Waals surface area contributed by atoms with Crippen LogP contribution in [0.3, 0.4) is 0 Å². The highest BCUT2D eigenvalue weighted by Gasteiger charge is 2.23. The highest BCUT2D eigenvalue weighted by molar-refractivity contribution is 5.50. The predicted molar refractivity (Wildman–Crippen MR) is 80.3 cm³/mol. The molecule has 0 fully saturated rings. The lowest BCUT2D eigenvalue weighted by molar-refractivity contribution is 0.145. The van der Waals surface area contributed by atoms with Crippen molar-refractivity contribution in [3.63, 3.8) is 0 Å². The molecule has 1 heterocycles. The van der Waals surface area contributed by atoms with Crippen LogP contribution in [0.1, 0.15) is 16.7 Å². The van der Waals surface area contributed by atoms with E-state index >= 15 is 0 Å². The van der Waals surface area contributed by atoms with E-state index in [4.69, 9.17) is 15.2 Å². The molecule has 1 aliphatic rings. The van der Waals surface area contributed by atoms with Crippen molar-refractivity contribution in [2.75, 3.05) is 12.3 Å². The fraction of sp³-hybridized carbons (Fsp3) is 0.294. The van der Waals surface area contributed by atoms with Crippen LogP contribution in [0, 0.1) is 19.7 Å². The van der Waals surface area contributed by atoms with E-state index in [1.807, 2.05) is 19.1 Å². The SMILES string of the molecule is Cc1ccc2c(c1)CC(COc1cc(C)c(N)cc1F)O2. The first-order chi connectivity index (χ1) is 10.0. The average molecular weight is 287 g/mol. The van der Waals surface area contributed by atoms with E-state index in [0.29, 0.717) is 12.3 Å². The van der Waals surface area contributed by atoms with Crippen LogP contribution in [-0.2, 0) is 6.42 Å². The van der Waals surface area contributed by atoms with Crippen LogP contribution in [0.5, 0.6) is 11.5 Å². The molecule has 3 nitrogen and oxygen atoms in total. The molecule has 3 rings (SSSR count). The van der Waals surface area contributed by atoms with Gasteiger partial charge < -0.3 is 15.2 Å². The summed E-state index contributed by atoms with van der Waals surface area (Å²) in [6, 6.07) is 9.02. The second-order valence-electron chi connectivity index (χ2n) is 5.51. The van der Waals surface area contributed by atoms with Gasteiger partial charge in [0.1, 0.15) is 18.5 Å². The van der Waals surface area contributed by atoms with Crippen LogP contribution in [0.25, 0.3) is 0 Å². The second kappa shape index (κ2) is 5.28. The van der Waals surface area contributed by atoms with Crippen molar-refractivity contribution in [3.05, 3.63) is 52.8 Å². The van der Waals surface area contributed by atoms with Gasteiger partial charge in [-0.2, -0.15) is 0 Å². The van der Waals surface area contributed by atoms with Gasteiger partial charge in [-0.1, -0.05) is 17.7 Å². The van der Waals surface area contributed by atoms with Gasteiger partial charge in [-0.15, -0.1) is 0 Å². The maximum Gasteiger partial charge on any atom is 0.167 e. The van der Waals surface area contributed by atoms with Gasteiger partial charge in [-0.05, 0) is 37.1 Å². The number of benzene rings is 2. The summed E-state index contributed by atoms with van der Waals surface area (Å²) in [6.45, 7) is 4.19. The number of fused-ring (bicyclic) bond motifs is 1. The van der Waals surface area contributed by atoms with Gasteiger partial charge in [0, 0.05) is 18.2 Å². The van der Waals surface area contributed by atoms with Gasteiger partial charge in [0.15, 0.2) is 11.6 Å². The number of anilines is 1. The monoisotopic (exact) mass is 287 g/mol. The summed E-state index contributed by atoms with van der Waals surface area (Å²) in [4.78, 5) is 0. The Bertz CT molecular complexity index is 685. The number of ether oxygens (including phenoxy) is 2. The summed E-state index contributed by atoms with van der Waals surface area (Å²) < 4.78 is 25.1. The molecule has 21 heavy (non-hydrogen) atoms. The van der Waals surface area contributed by atoms with Gasteiger partial charge in [-0.3, -0.25) is 0 Å². The Morgan fingerprint density at radius 2 is 2.10 bits per heavy atom. The molecule has 2 aromatic carbocycles. The molecule has 2 aromatic rings. The van der Waals surface area contributed by atoms with Gasteiger partial charge >= 0.3 is 0 Å². The van der Waals surface area contributed by atoms with Crippen LogP contribution in [0.15, 0.2) is 30.3 Å². The second-order valence-corrected chi connectivity index (χ2v) is 5.51. The van der Waals surface area contributed by atoms with E-state index < -0.39 is 5.82 Å². The molecule has 0 saturated heterocycles. The van der Waals surface area contributed by atoms with Gasteiger partial charge in [0.2, 0.25) is 0 Å². The Labute approximate surface area is 123 Å². The summed E-state index contributed by atoms with van der Waals surface area (Å²) in [7, 11) is 0. The topological polar surface area (TPSA) is 44.5 Å². The number of aryl methyl sites for hydroxylation is 2. The quantitative estimate of drug-likeness (QED) is 0.880. The largest absolute Gasteiger partial charge is 0.487 e. The molecule has 0 aromatic heterocycles. The van der Waals surface area contributed by atoms with Crippen LogP contribution in [0.2, 0.25) is 0 Å². The van der Waals surface area contributed by atoms with E-state index in [9.17, 15) is 4.39 Å². The summed E-state index contributed by atoms with van der Waals surface area (Å²) in [6.07, 6.45) is 0.700. The number of hydrogen-bond donors (Lipinski definition) is 1. The minimum absolute atomic E-state index is 0.0842. The minimum Gasteiger partial charge on any atom is -0.487 e. The highest BCUT2D eigenvalue weighted by atomic mass is 19.1. The third-order valence-electron chi connectivity index (χ3n) is 3.70. The molecule has 0 spiro atoms. The van der Waals surface area contributed by atoms with Crippen molar-refractivity contribution in [2.45, 2.75) is 26.4 Å². The number of nitrogens with two attached hydrogens (primary N) is 1. The molecule has 0 radical (unpaired) electrons. The molecule has 1 atom stereocenters. The molecule has 4 heteroatoms. The zero-order chi connectivity index (χ0) is 15.0. The first-order valence-electron chi connectivity index (χ1n) is 6.97. The zero-order valence-electron chi connectivity index (χ0n) is 12.2. The highest BCUT2D eigenvalue weighted by Crippen LogP contribution is 2.30. The third kappa shape index (κ3) is 2.79. The Balaban J connectivity index is 1.66. The Morgan fingerprint density at radius 1 is 1.29 bits per heavy atom. The maximum atomic E-state index is 13.8. The van der Waals surface area contributed by atoms with Crippen molar-refractivity contribution < 1.29 is 13.9 Å². The van der Waals surface area contributed by atoms with Crippen molar-refractivity contribution in [3.8, 4) is 11.5 Å². The molecular weight excluding hydrogens is 269 g/mol. The molecule has 0 bridgehead atoms. The first kappa shape index (κ1) is 13.7. The van der Waals surface area contributed by atoms with Crippen LogP contribution < -0.4 is 15.2 Å². The van der Waals surface area contributed by atoms with Gasteiger partial charge in [0.25, 0.3) is 0 Å². The molecule has 2 N–H and O–H groups in total. The first-order valence-corrected chi connectivity index (χ1v) is 6.97. The zero-order valence-corrected chi connectivity index (χ0v) is 12.2. The van der Waals surface area contributed by atoms with E-state index in [-0.39, 0.29) is 11.9 Å². The number of rotatable bonds is 3. The minimum atomic E-state index is -0.440. The van der Waals surface area contributed by atoms with Crippen LogP contribution >= 0.6 is 0 Å². The maximum absolute atomic E-state index is 13.8. The van der Waals surface area contributed by atoms with Gasteiger partial charge in [-0.25, -0.2) is 4.39 Å². The molecule has 1 aliphatic heterocycles. The lowest BCUT2D eigenvalue weighted by Crippen LogP contribution is -2.22. The Hall–Kier alpha value is -2.23. The van der Waals surface area contributed by atoms with Crippen molar-refractivity contribution in [1.29, 1.82) is 0 Å². The molecule has 110 valence electrons. The molecule has 0 amide bonds. The number of nitrogen functional groups attached to an aromatic ring is 1. The van der Waals surface area contributed by atoms with E-state index in [0.717, 1.165) is 17.7 Å². The fourth-order valence-electron chi connectivity index (χ4n) is 2.51. The molecule has 1 unspecified atom stereocenters. The third-order valence-corrected chi connectivity index (χ3v) is 3.70. The lowest BCUT2D eigenvalue weighted by atomic mass is 10.1. The molecule has 0 saturated carbocycles. The van der Waals surface area contributed by atoms with Gasteiger partial charge in [0.05, 0.1) is 0 Å². The Kier molecular flexibility index (Phi) is 3.45. The smallest absolute Gasteiger partial charge is 0.167 e. The number of halogens is 1. The van der Waals surface area contributed by atoms with E-state index in [2.05, 4.69) is 13.0 Å². The van der Waals surface area contributed by atoms with E-state index in [1.54, 1.807) is 6.07 Å². The fourth-order valence-corrected chi connectivity index (χ4v) is 2.51. The normalized spacial score (nSPS) is 16.4. The van der Waals surface area contributed by atoms with E-state index in [1.165, 1.54) is 17.2 Å². The van der Waals surface area contributed by atoms with Crippen molar-refractivity contribution in [2.24, 2.45) is 0 Å². The van der Waals surface area contributed by atoms with Crippen LogP contribution in [0.4, 0.5) is 10.1 Å². The summed E-state index contributed by atoms with van der Waals surface area (Å²) in [5.74, 6) is 0.671. The molecular formula is C17H18FNO2. The summed E-state index contributed by atoms with van der Waals surface area (Å²) in [5, 5.41) is 0. The predicted octanol–water partition coefficient (Wildman–Crippen LogP) is 3.41. The number of hydrogen-bond acceptors (Lipinski definition) is 3. The van der Waals surface area contributed by atoms with Crippen molar-refractivity contribution in [1.82, 2.24) is 0 Å². The lowest BCUT2D eigenvalue weighted by Gasteiger charge is -2.14.